The van der Waals surface area contributed by atoms with Gasteiger partial charge in [0, 0.05) is 23.5 Å². The summed E-state index contributed by atoms with van der Waals surface area (Å²) in [5, 5.41) is 3.22. The van der Waals surface area contributed by atoms with E-state index in [9.17, 15) is 18.0 Å². The average Bonchev–Trinajstić information content (AvgIpc) is 3.57. The predicted molar refractivity (Wildman–Crippen MR) is 191 cm³/mol. The van der Waals surface area contributed by atoms with Crippen molar-refractivity contribution in [1.82, 2.24) is 10.2 Å². The number of aryl methyl sites for hydroxylation is 3. The molecular weight excluding hydrogens is 674 g/mol. The van der Waals surface area contributed by atoms with Crippen LogP contribution in [-0.4, -0.2) is 43.8 Å². The maximum absolute atomic E-state index is 14.7. The summed E-state index contributed by atoms with van der Waals surface area (Å²) < 4.78 is 30.8. The summed E-state index contributed by atoms with van der Waals surface area (Å²) >= 11 is 3.49. The second-order valence-corrected chi connectivity index (χ2v) is 15.2. The van der Waals surface area contributed by atoms with Crippen molar-refractivity contribution in [3.63, 3.8) is 0 Å². The summed E-state index contributed by atoms with van der Waals surface area (Å²) in [6.45, 7) is 5.28. The number of anilines is 1. The molecule has 0 aliphatic heterocycles. The van der Waals surface area contributed by atoms with Crippen molar-refractivity contribution in [3.05, 3.63) is 129 Å². The first-order valence-electron chi connectivity index (χ1n) is 16.1. The standard InChI is InChI=1S/C38H42BrN3O4S/c1-27-14-21-34(22-15-27)47(45,46)42(35-23-28(2)13-16-29(35)3)26-37(43)41(25-31-17-19-32(39)20-18-31)36(24-30-9-5-4-6-10-30)38(44)40-33-11-7-8-12-33/h4-6,9-10,13-23,33,36H,7-8,11-12,24-26H2,1-3H3,(H,40,44)/t36-/m1/s1. The Hall–Kier alpha value is -3.95. The molecule has 47 heavy (non-hydrogen) atoms. The third-order valence-corrected chi connectivity index (χ3v) is 11.1. The molecule has 0 bridgehead atoms. The van der Waals surface area contributed by atoms with Crippen LogP contribution < -0.4 is 9.62 Å². The van der Waals surface area contributed by atoms with Gasteiger partial charge in [-0.25, -0.2) is 8.42 Å². The lowest BCUT2D eigenvalue weighted by molar-refractivity contribution is -0.140. The number of carbonyl (C=O) groups is 2. The van der Waals surface area contributed by atoms with Gasteiger partial charge in [0.05, 0.1) is 10.6 Å². The van der Waals surface area contributed by atoms with Crippen molar-refractivity contribution in [2.24, 2.45) is 0 Å². The van der Waals surface area contributed by atoms with E-state index >= 15 is 0 Å². The number of halogens is 1. The summed E-state index contributed by atoms with van der Waals surface area (Å²) in [4.78, 5) is 30.5. The lowest BCUT2D eigenvalue weighted by Gasteiger charge is -2.34. The highest BCUT2D eigenvalue weighted by molar-refractivity contribution is 9.10. The third-order valence-electron chi connectivity index (χ3n) is 8.76. The number of nitrogens with zero attached hydrogens (tertiary/aromatic N) is 2. The molecule has 4 aromatic rings. The van der Waals surface area contributed by atoms with Gasteiger partial charge in [-0.1, -0.05) is 101 Å². The highest BCUT2D eigenvalue weighted by Gasteiger charge is 2.36. The normalized spacial score (nSPS) is 14.0. The minimum absolute atomic E-state index is 0.0544. The van der Waals surface area contributed by atoms with E-state index in [0.717, 1.165) is 58.0 Å². The van der Waals surface area contributed by atoms with Crippen LogP contribution in [0.3, 0.4) is 0 Å². The maximum Gasteiger partial charge on any atom is 0.264 e. The zero-order valence-corrected chi connectivity index (χ0v) is 29.6. The Bertz CT molecular complexity index is 1790. The van der Waals surface area contributed by atoms with E-state index in [-0.39, 0.29) is 29.8 Å². The molecule has 1 saturated carbocycles. The first-order valence-corrected chi connectivity index (χ1v) is 18.3. The quantitative estimate of drug-likeness (QED) is 0.167. The molecule has 2 amide bonds. The predicted octanol–water partition coefficient (Wildman–Crippen LogP) is 7.27. The van der Waals surface area contributed by atoms with Gasteiger partial charge < -0.3 is 10.2 Å². The molecular formula is C38H42BrN3O4S. The molecule has 0 unspecified atom stereocenters. The van der Waals surface area contributed by atoms with E-state index in [0.29, 0.717) is 5.69 Å². The Balaban J connectivity index is 1.58. The number of nitrogens with one attached hydrogen (secondary N) is 1. The fourth-order valence-electron chi connectivity index (χ4n) is 6.05. The van der Waals surface area contributed by atoms with Crippen LogP contribution in [0.1, 0.15) is 53.5 Å². The van der Waals surface area contributed by atoms with E-state index in [2.05, 4.69) is 21.2 Å². The van der Waals surface area contributed by atoms with E-state index in [4.69, 9.17) is 0 Å². The first-order chi connectivity index (χ1) is 22.5. The monoisotopic (exact) mass is 715 g/mol. The molecule has 4 aromatic carbocycles. The molecule has 0 aromatic heterocycles. The Labute approximate surface area is 287 Å². The molecule has 0 heterocycles. The topological polar surface area (TPSA) is 86.8 Å². The fourth-order valence-corrected chi connectivity index (χ4v) is 7.78. The van der Waals surface area contributed by atoms with Gasteiger partial charge in [0.2, 0.25) is 11.8 Å². The Morgan fingerprint density at radius 3 is 2.13 bits per heavy atom. The molecule has 7 nitrogen and oxygen atoms in total. The van der Waals surface area contributed by atoms with Crippen molar-refractivity contribution >= 4 is 43.5 Å². The summed E-state index contributed by atoms with van der Waals surface area (Å²) in [6.07, 6.45) is 4.20. The molecule has 9 heteroatoms. The van der Waals surface area contributed by atoms with Crippen molar-refractivity contribution < 1.29 is 18.0 Å². The van der Waals surface area contributed by atoms with Crippen molar-refractivity contribution in [1.29, 1.82) is 0 Å². The Morgan fingerprint density at radius 2 is 1.47 bits per heavy atom. The SMILES string of the molecule is Cc1ccc(S(=O)(=O)N(CC(=O)N(Cc2ccc(Br)cc2)[C@H](Cc2ccccc2)C(=O)NC2CCCC2)c2cc(C)ccc2C)cc1. The van der Waals surface area contributed by atoms with Crippen LogP contribution in [0.15, 0.2) is 106 Å². The van der Waals surface area contributed by atoms with E-state index in [1.807, 2.05) is 87.5 Å². The molecule has 5 rings (SSSR count). The van der Waals surface area contributed by atoms with Gasteiger partial charge in [0.1, 0.15) is 12.6 Å². The van der Waals surface area contributed by atoms with Crippen molar-refractivity contribution in [2.45, 2.75) is 76.4 Å². The number of hydrogen-bond donors (Lipinski definition) is 1. The molecule has 1 fully saturated rings. The number of sulfonamides is 1. The average molecular weight is 717 g/mol. The van der Waals surface area contributed by atoms with E-state index in [1.165, 1.54) is 4.31 Å². The molecule has 0 saturated heterocycles. The minimum atomic E-state index is -4.16. The molecule has 0 radical (unpaired) electrons. The summed E-state index contributed by atoms with van der Waals surface area (Å²) in [5.41, 5.74) is 4.68. The van der Waals surface area contributed by atoms with E-state index in [1.54, 1.807) is 35.2 Å². The van der Waals surface area contributed by atoms with E-state index < -0.39 is 28.5 Å². The second-order valence-electron chi connectivity index (χ2n) is 12.5. The number of benzene rings is 4. The number of carbonyl (C=O) groups excluding carboxylic acids is 2. The lowest BCUT2D eigenvalue weighted by atomic mass is 10.0. The van der Waals surface area contributed by atoms with Crippen molar-refractivity contribution in [3.8, 4) is 0 Å². The molecule has 0 spiro atoms. The highest BCUT2D eigenvalue weighted by Crippen LogP contribution is 2.29. The minimum Gasteiger partial charge on any atom is -0.352 e. The Kier molecular flexibility index (Phi) is 11.2. The van der Waals surface area contributed by atoms with Gasteiger partial charge in [0.25, 0.3) is 10.0 Å². The summed E-state index contributed by atoms with van der Waals surface area (Å²) in [5.74, 6) is -0.696. The zero-order chi connectivity index (χ0) is 33.6. The van der Waals surface area contributed by atoms with Gasteiger partial charge in [-0.3, -0.25) is 13.9 Å². The molecule has 1 aliphatic carbocycles. The van der Waals surface area contributed by atoms with Crippen molar-refractivity contribution in [2.75, 3.05) is 10.8 Å². The largest absolute Gasteiger partial charge is 0.352 e. The summed E-state index contributed by atoms with van der Waals surface area (Å²) in [7, 11) is -4.16. The van der Waals surface area contributed by atoms with Gasteiger partial charge >= 0.3 is 0 Å². The fraction of sp³-hybridized carbons (Fsp3) is 0.316. The zero-order valence-electron chi connectivity index (χ0n) is 27.2. The number of rotatable bonds is 12. The number of hydrogen-bond acceptors (Lipinski definition) is 4. The van der Waals surface area contributed by atoms with Crippen LogP contribution >= 0.6 is 15.9 Å². The van der Waals surface area contributed by atoms with Crippen LogP contribution in [0.5, 0.6) is 0 Å². The first kappa shape index (κ1) is 34.4. The van der Waals surface area contributed by atoms with Gasteiger partial charge in [-0.15, -0.1) is 0 Å². The highest BCUT2D eigenvalue weighted by atomic mass is 79.9. The van der Waals surface area contributed by atoms with Crippen LogP contribution in [-0.2, 0) is 32.6 Å². The maximum atomic E-state index is 14.7. The number of amides is 2. The van der Waals surface area contributed by atoms with Crippen LogP contribution in [0, 0.1) is 20.8 Å². The van der Waals surface area contributed by atoms with Gasteiger partial charge in [-0.05, 0) is 86.2 Å². The van der Waals surface area contributed by atoms with Crippen LogP contribution in [0.2, 0.25) is 0 Å². The Morgan fingerprint density at radius 1 is 0.830 bits per heavy atom. The lowest BCUT2D eigenvalue weighted by Crippen LogP contribution is -2.54. The molecule has 1 N–H and O–H groups in total. The van der Waals surface area contributed by atoms with Gasteiger partial charge in [-0.2, -0.15) is 0 Å². The van der Waals surface area contributed by atoms with Gasteiger partial charge in [0.15, 0.2) is 0 Å². The summed E-state index contributed by atoms with van der Waals surface area (Å²) in [6, 6.07) is 28.6. The molecule has 1 aliphatic rings. The van der Waals surface area contributed by atoms with Crippen LogP contribution in [0.4, 0.5) is 5.69 Å². The van der Waals surface area contributed by atoms with Crippen LogP contribution in [0.25, 0.3) is 0 Å². The third kappa shape index (κ3) is 8.70. The molecule has 1 atom stereocenters. The smallest absolute Gasteiger partial charge is 0.264 e. The molecule has 246 valence electrons. The second kappa shape index (κ2) is 15.3.